The second-order valence-electron chi connectivity index (χ2n) is 5.64. The number of carboxylic acid groups (broad SMARTS) is 1. The molecule has 0 saturated heterocycles. The van der Waals surface area contributed by atoms with Crippen molar-refractivity contribution in [2.75, 3.05) is 6.61 Å². The van der Waals surface area contributed by atoms with Gasteiger partial charge >= 0.3 is 12.1 Å². The Balaban J connectivity index is 2.88. The maximum Gasteiger partial charge on any atom is 0.416 e. The van der Waals surface area contributed by atoms with E-state index in [0.29, 0.717) is 16.6 Å². The van der Waals surface area contributed by atoms with Crippen LogP contribution >= 0.6 is 0 Å². The zero-order valence-electron chi connectivity index (χ0n) is 13.2. The van der Waals surface area contributed by atoms with Gasteiger partial charge in [-0.25, -0.2) is 0 Å². The molecule has 0 radical (unpaired) electrons. The number of hydrogen-bond donors (Lipinski definition) is 3. The summed E-state index contributed by atoms with van der Waals surface area (Å²) in [5, 5.41) is 28.3. The number of aliphatic hydroxyl groups excluding tert-OH is 2. The number of carboxylic acids is 1. The van der Waals surface area contributed by atoms with Crippen LogP contribution in [0.2, 0.25) is 0 Å². The van der Waals surface area contributed by atoms with Crippen molar-refractivity contribution in [1.29, 1.82) is 0 Å². The number of aromatic nitrogens is 1. The first kappa shape index (κ1) is 18.3. The summed E-state index contributed by atoms with van der Waals surface area (Å²) in [5.74, 6) is -1.11. The third kappa shape index (κ3) is 3.25. The molecule has 8 heteroatoms. The Bertz CT molecular complexity index is 778. The molecule has 0 aliphatic carbocycles. The zero-order valence-corrected chi connectivity index (χ0v) is 13.2. The molecule has 1 atom stereocenters. The topological polar surface area (TPSA) is 82.7 Å². The number of hydrogen-bond acceptors (Lipinski definition) is 3. The van der Waals surface area contributed by atoms with E-state index in [2.05, 4.69) is 0 Å². The molecule has 132 valence electrons. The predicted octanol–water partition coefficient (Wildman–Crippen LogP) is 2.64. The van der Waals surface area contributed by atoms with Crippen LogP contribution in [0.1, 0.15) is 35.4 Å². The first-order valence-electron chi connectivity index (χ1n) is 7.31. The van der Waals surface area contributed by atoms with Gasteiger partial charge in [0.2, 0.25) is 0 Å². The third-order valence-corrected chi connectivity index (χ3v) is 4.03. The van der Waals surface area contributed by atoms with Crippen LogP contribution in [-0.4, -0.2) is 32.5 Å². The molecular weight excluding hydrogens is 327 g/mol. The van der Waals surface area contributed by atoms with Crippen LogP contribution in [0, 0.1) is 6.92 Å². The van der Waals surface area contributed by atoms with Gasteiger partial charge in [-0.2, -0.15) is 13.2 Å². The molecule has 0 saturated carbocycles. The number of benzene rings is 1. The Kier molecular flexibility index (Phi) is 4.91. The van der Waals surface area contributed by atoms with Crippen molar-refractivity contribution in [2.45, 2.75) is 39.1 Å². The Hall–Kier alpha value is -2.06. The van der Waals surface area contributed by atoms with Crippen molar-refractivity contribution in [3.05, 3.63) is 34.5 Å². The molecule has 0 amide bonds. The van der Waals surface area contributed by atoms with Crippen molar-refractivity contribution in [1.82, 2.24) is 4.57 Å². The largest absolute Gasteiger partial charge is 0.481 e. The molecule has 0 bridgehead atoms. The number of aliphatic hydroxyl groups is 2. The van der Waals surface area contributed by atoms with Gasteiger partial charge in [0.05, 0.1) is 24.7 Å². The van der Waals surface area contributed by atoms with E-state index in [1.807, 2.05) is 0 Å². The number of aliphatic carboxylic acids is 1. The molecule has 3 N–H and O–H groups in total. The average Bonchev–Trinajstić information content (AvgIpc) is 2.70. The molecule has 0 aliphatic heterocycles. The second-order valence-corrected chi connectivity index (χ2v) is 5.64. The van der Waals surface area contributed by atoms with E-state index in [1.165, 1.54) is 17.6 Å². The van der Waals surface area contributed by atoms with Crippen LogP contribution in [0.15, 0.2) is 12.1 Å². The first-order chi connectivity index (χ1) is 11.1. The Morgan fingerprint density at radius 1 is 1.33 bits per heavy atom. The van der Waals surface area contributed by atoms with Crippen LogP contribution in [0.4, 0.5) is 13.2 Å². The minimum Gasteiger partial charge on any atom is -0.481 e. The number of alkyl halides is 3. The number of nitrogens with zero attached hydrogens (tertiary/aromatic N) is 1. The van der Waals surface area contributed by atoms with Crippen molar-refractivity contribution >= 4 is 16.9 Å². The average molecular weight is 345 g/mol. The Morgan fingerprint density at radius 3 is 2.42 bits per heavy atom. The Labute approximate surface area is 135 Å². The molecule has 2 aromatic rings. The monoisotopic (exact) mass is 345 g/mol. The van der Waals surface area contributed by atoms with Gasteiger partial charge in [-0.1, -0.05) is 0 Å². The van der Waals surface area contributed by atoms with E-state index in [0.717, 1.165) is 6.07 Å². The van der Waals surface area contributed by atoms with Gasteiger partial charge in [0, 0.05) is 23.1 Å². The highest BCUT2D eigenvalue weighted by Gasteiger charge is 2.35. The fourth-order valence-electron chi connectivity index (χ4n) is 2.96. The highest BCUT2D eigenvalue weighted by atomic mass is 19.4. The molecule has 1 unspecified atom stereocenters. The Morgan fingerprint density at radius 2 is 1.96 bits per heavy atom. The lowest BCUT2D eigenvalue weighted by atomic mass is 9.98. The van der Waals surface area contributed by atoms with Gasteiger partial charge in [0.15, 0.2) is 0 Å². The van der Waals surface area contributed by atoms with Gasteiger partial charge < -0.3 is 19.9 Å². The maximum atomic E-state index is 13.3. The van der Waals surface area contributed by atoms with Crippen molar-refractivity contribution in [3.63, 3.8) is 0 Å². The minimum absolute atomic E-state index is 0.0489. The number of fused-ring (bicyclic) bond motifs is 1. The summed E-state index contributed by atoms with van der Waals surface area (Å²) in [4.78, 5) is 11.1. The third-order valence-electron chi connectivity index (χ3n) is 4.03. The maximum absolute atomic E-state index is 13.3. The van der Waals surface area contributed by atoms with E-state index < -0.39 is 23.8 Å². The molecule has 0 spiro atoms. The summed E-state index contributed by atoms with van der Waals surface area (Å²) in [6.07, 6.45) is -6.37. The summed E-state index contributed by atoms with van der Waals surface area (Å²) in [7, 11) is 0. The number of rotatable bonds is 5. The van der Waals surface area contributed by atoms with Crippen molar-refractivity contribution in [3.8, 4) is 0 Å². The molecule has 0 aliphatic rings. The minimum atomic E-state index is -4.66. The van der Waals surface area contributed by atoms with Crippen LogP contribution in [0.25, 0.3) is 10.9 Å². The van der Waals surface area contributed by atoms with Crippen LogP contribution in [0.3, 0.4) is 0 Å². The molecule has 0 fully saturated rings. The molecule has 1 aromatic carbocycles. The quantitative estimate of drug-likeness (QED) is 0.778. The summed E-state index contributed by atoms with van der Waals surface area (Å²) < 4.78 is 41.4. The number of halogens is 3. The molecule has 5 nitrogen and oxygen atoms in total. The fourth-order valence-corrected chi connectivity index (χ4v) is 2.96. The molecule has 24 heavy (non-hydrogen) atoms. The summed E-state index contributed by atoms with van der Waals surface area (Å²) in [6, 6.07) is 2.10. The molecular formula is C16H18F3NO4. The lowest BCUT2D eigenvalue weighted by molar-refractivity contribution is -0.139. The smallest absolute Gasteiger partial charge is 0.416 e. The standard InChI is InChI=1S/C16H18F3NO4/c1-8-10(6-15(23)24)12-5-11(9(2)22)13(16(17,18)19)7-14(12)20(8)3-4-21/h5,7,9,21-22H,3-4,6H2,1-2H3,(H,23,24). The van der Waals surface area contributed by atoms with Crippen LogP contribution in [0.5, 0.6) is 0 Å². The van der Waals surface area contributed by atoms with E-state index in [9.17, 15) is 23.1 Å². The highest BCUT2D eigenvalue weighted by molar-refractivity contribution is 5.90. The first-order valence-corrected chi connectivity index (χ1v) is 7.31. The zero-order chi connectivity index (χ0) is 18.2. The van der Waals surface area contributed by atoms with E-state index in [1.54, 1.807) is 6.92 Å². The van der Waals surface area contributed by atoms with Gasteiger partial charge in [-0.05, 0) is 37.1 Å². The van der Waals surface area contributed by atoms with E-state index >= 15 is 0 Å². The SMILES string of the molecule is Cc1c(CC(=O)O)c2cc(C(C)O)c(C(F)(F)F)cc2n1CCO. The van der Waals surface area contributed by atoms with Gasteiger partial charge in [0.25, 0.3) is 0 Å². The van der Waals surface area contributed by atoms with Gasteiger partial charge in [-0.3, -0.25) is 4.79 Å². The molecule has 1 aromatic heterocycles. The normalized spacial score (nSPS) is 13.5. The lowest BCUT2D eigenvalue weighted by Gasteiger charge is -2.16. The van der Waals surface area contributed by atoms with Gasteiger partial charge in [-0.15, -0.1) is 0 Å². The summed E-state index contributed by atoms with van der Waals surface area (Å²) in [6.45, 7) is 2.58. The van der Waals surface area contributed by atoms with E-state index in [4.69, 9.17) is 10.2 Å². The van der Waals surface area contributed by atoms with Crippen LogP contribution in [-0.2, 0) is 23.9 Å². The summed E-state index contributed by atoms with van der Waals surface area (Å²) >= 11 is 0. The molecule has 2 rings (SSSR count). The summed E-state index contributed by atoms with van der Waals surface area (Å²) in [5.41, 5.74) is -0.222. The van der Waals surface area contributed by atoms with Crippen molar-refractivity contribution in [2.24, 2.45) is 0 Å². The predicted molar refractivity (Wildman–Crippen MR) is 80.7 cm³/mol. The van der Waals surface area contributed by atoms with Crippen LogP contribution < -0.4 is 0 Å². The fraction of sp³-hybridized carbons (Fsp3) is 0.438. The highest BCUT2D eigenvalue weighted by Crippen LogP contribution is 2.39. The molecule has 1 heterocycles. The van der Waals surface area contributed by atoms with Crippen molar-refractivity contribution < 1.29 is 33.3 Å². The lowest BCUT2D eigenvalue weighted by Crippen LogP contribution is -2.12. The van der Waals surface area contributed by atoms with E-state index in [-0.39, 0.29) is 30.7 Å². The van der Waals surface area contributed by atoms with Gasteiger partial charge in [0.1, 0.15) is 0 Å². The number of carbonyl (C=O) groups is 1. The second kappa shape index (κ2) is 6.45.